The number of hydrogen-bond acceptors (Lipinski definition) is 6. The fourth-order valence-electron chi connectivity index (χ4n) is 3.49. The number of aliphatic hydroxyl groups is 1. The molecule has 0 saturated carbocycles. The van der Waals surface area contributed by atoms with Gasteiger partial charge in [0.2, 0.25) is 0 Å². The lowest BCUT2D eigenvalue weighted by Gasteiger charge is -2.10. The van der Waals surface area contributed by atoms with Crippen LogP contribution in [0.2, 0.25) is 10.0 Å². The third-order valence-corrected chi connectivity index (χ3v) is 7.15. The summed E-state index contributed by atoms with van der Waals surface area (Å²) in [6.45, 7) is 3.91. The molecule has 0 saturated heterocycles. The third-order valence-electron chi connectivity index (χ3n) is 5.47. The molecule has 0 aliphatic carbocycles. The number of aliphatic hydroxyl groups excluding tert-OH is 1. The number of nitrogens with zero attached hydrogens (tertiary/aromatic N) is 1. The summed E-state index contributed by atoms with van der Waals surface area (Å²) >= 11 is 13.6. The Morgan fingerprint density at radius 2 is 1.76 bits per heavy atom. The van der Waals surface area contributed by atoms with E-state index in [4.69, 9.17) is 32.7 Å². The van der Waals surface area contributed by atoms with Crippen LogP contribution in [0.3, 0.4) is 0 Å². The molecule has 0 fully saturated rings. The lowest BCUT2D eigenvalue weighted by atomic mass is 10.1. The molecule has 0 aromatic heterocycles. The van der Waals surface area contributed by atoms with Crippen molar-refractivity contribution in [3.8, 4) is 5.75 Å². The number of esters is 1. The Labute approximate surface area is 234 Å². The summed E-state index contributed by atoms with van der Waals surface area (Å²) in [5.74, 6) is -1.16. The highest BCUT2D eigenvalue weighted by Crippen LogP contribution is 2.40. The molecule has 0 spiro atoms. The van der Waals surface area contributed by atoms with Gasteiger partial charge in [0.25, 0.3) is 5.91 Å². The molecule has 0 atom stereocenters. The Balaban J connectivity index is 1.59. The van der Waals surface area contributed by atoms with Crippen molar-refractivity contribution in [3.63, 3.8) is 0 Å². The number of amides is 1. The molecule has 3 aromatic rings. The molecule has 4 rings (SSSR count). The van der Waals surface area contributed by atoms with Gasteiger partial charge in [-0.15, -0.1) is 0 Å². The molecule has 0 bridgehead atoms. The monoisotopic (exact) mass is 567 g/mol. The second kappa shape index (κ2) is 12.3. The number of carbonyl (C=O) groups is 2. The number of ether oxygens (including phenoxy) is 2. The summed E-state index contributed by atoms with van der Waals surface area (Å²) in [5.41, 5.74) is 2.67. The summed E-state index contributed by atoms with van der Waals surface area (Å²) in [7, 11) is 0. The fraction of sp³-hybridized carbons (Fsp3) is 0.138. The highest BCUT2D eigenvalue weighted by atomic mass is 35.5. The zero-order valence-corrected chi connectivity index (χ0v) is 22.9. The summed E-state index contributed by atoms with van der Waals surface area (Å²) in [6.07, 6.45) is 1.64. The van der Waals surface area contributed by atoms with Crippen molar-refractivity contribution >= 4 is 58.0 Å². The molecule has 0 radical (unpaired) electrons. The van der Waals surface area contributed by atoms with Crippen LogP contribution in [0.15, 0.2) is 88.0 Å². The summed E-state index contributed by atoms with van der Waals surface area (Å²) < 4.78 is 10.9. The number of thioether (sulfide) groups is 1. The molecule has 1 aliphatic rings. The lowest BCUT2D eigenvalue weighted by Crippen LogP contribution is -2.14. The first-order valence-electron chi connectivity index (χ1n) is 11.6. The molecule has 194 valence electrons. The van der Waals surface area contributed by atoms with E-state index < -0.39 is 11.9 Å². The Bertz CT molecular complexity index is 1480. The average Bonchev–Trinajstić information content (AvgIpc) is 3.19. The predicted molar refractivity (Wildman–Crippen MR) is 152 cm³/mol. The van der Waals surface area contributed by atoms with Crippen molar-refractivity contribution in [3.05, 3.63) is 115 Å². The molecule has 1 N–H and O–H groups in total. The van der Waals surface area contributed by atoms with Crippen LogP contribution in [-0.4, -0.2) is 28.6 Å². The number of halogens is 2. The quantitative estimate of drug-likeness (QED) is 0.296. The lowest BCUT2D eigenvalue weighted by molar-refractivity contribution is -0.138. The number of benzene rings is 3. The number of aryl methyl sites for hydroxylation is 1. The van der Waals surface area contributed by atoms with Gasteiger partial charge < -0.3 is 14.6 Å². The first-order chi connectivity index (χ1) is 18.3. The molecule has 9 heteroatoms. The maximum Gasteiger partial charge on any atom is 0.344 e. The smallest absolute Gasteiger partial charge is 0.344 e. The predicted octanol–water partition coefficient (Wildman–Crippen LogP) is 7.58. The van der Waals surface area contributed by atoms with Crippen LogP contribution in [0.5, 0.6) is 5.75 Å². The Morgan fingerprint density at radius 1 is 1.03 bits per heavy atom. The van der Waals surface area contributed by atoms with Crippen LogP contribution in [-0.2, 0) is 16.1 Å². The van der Waals surface area contributed by atoms with Gasteiger partial charge in [0.05, 0.1) is 16.5 Å². The highest BCUT2D eigenvalue weighted by Gasteiger charge is 2.34. The van der Waals surface area contributed by atoms with Gasteiger partial charge in [-0.3, -0.25) is 4.79 Å². The van der Waals surface area contributed by atoms with E-state index in [1.54, 1.807) is 61.5 Å². The van der Waals surface area contributed by atoms with Gasteiger partial charge in [0.15, 0.2) is 0 Å². The van der Waals surface area contributed by atoms with E-state index in [1.807, 2.05) is 25.1 Å². The van der Waals surface area contributed by atoms with Crippen LogP contribution in [0.4, 0.5) is 0 Å². The Hall–Kier alpha value is -3.52. The van der Waals surface area contributed by atoms with Gasteiger partial charge in [0.1, 0.15) is 28.7 Å². The summed E-state index contributed by atoms with van der Waals surface area (Å²) in [6, 6.07) is 19.4. The first kappa shape index (κ1) is 27.5. The number of rotatable bonds is 7. The van der Waals surface area contributed by atoms with Crippen molar-refractivity contribution in [1.29, 1.82) is 0 Å². The number of carbonyl (C=O) groups excluding carboxylic acids is 2. The second-order valence-electron chi connectivity index (χ2n) is 8.21. The van der Waals surface area contributed by atoms with E-state index in [0.717, 1.165) is 22.9 Å². The van der Waals surface area contributed by atoms with E-state index in [0.29, 0.717) is 31.8 Å². The average molecular weight is 568 g/mol. The van der Waals surface area contributed by atoms with Crippen molar-refractivity contribution < 1.29 is 24.2 Å². The molecule has 1 aliphatic heterocycles. The van der Waals surface area contributed by atoms with Gasteiger partial charge in [0, 0.05) is 16.1 Å². The molecule has 3 aromatic carbocycles. The zero-order chi connectivity index (χ0) is 27.2. The van der Waals surface area contributed by atoms with Crippen molar-refractivity contribution in [2.45, 2.75) is 20.5 Å². The van der Waals surface area contributed by atoms with Gasteiger partial charge in [-0.1, -0.05) is 76.9 Å². The maximum atomic E-state index is 12.8. The van der Waals surface area contributed by atoms with E-state index >= 15 is 0 Å². The molecule has 0 unspecified atom stereocenters. The second-order valence-corrected chi connectivity index (χ2v) is 10.1. The first-order valence-corrected chi connectivity index (χ1v) is 13.2. The molecule has 6 nitrogen and oxygen atoms in total. The van der Waals surface area contributed by atoms with Crippen LogP contribution < -0.4 is 4.74 Å². The zero-order valence-electron chi connectivity index (χ0n) is 20.5. The van der Waals surface area contributed by atoms with Crippen molar-refractivity contribution in [1.82, 2.24) is 0 Å². The molecular weight excluding hydrogens is 545 g/mol. The van der Waals surface area contributed by atoms with Gasteiger partial charge in [-0.2, -0.15) is 0 Å². The van der Waals surface area contributed by atoms with E-state index in [9.17, 15) is 14.7 Å². The SMILES string of the molecule is CCOC(=O)C1=C(O)/C(=C/c2ccc(OCc3ccccc3Cl)c(Cl)c2)SC1=NC(=O)c1ccc(C)cc1. The normalized spacial score (nSPS) is 15.3. The minimum absolute atomic E-state index is 0.0589. The summed E-state index contributed by atoms with van der Waals surface area (Å²) in [5, 5.41) is 11.9. The topological polar surface area (TPSA) is 85.2 Å². The molecule has 1 amide bonds. The summed E-state index contributed by atoms with van der Waals surface area (Å²) in [4.78, 5) is 29.8. The fourth-order valence-corrected chi connectivity index (χ4v) is 4.94. The van der Waals surface area contributed by atoms with E-state index in [2.05, 4.69) is 4.99 Å². The Morgan fingerprint density at radius 3 is 2.45 bits per heavy atom. The molecule has 1 heterocycles. The van der Waals surface area contributed by atoms with Gasteiger partial charge >= 0.3 is 5.97 Å². The van der Waals surface area contributed by atoms with E-state index in [-0.39, 0.29) is 29.6 Å². The minimum Gasteiger partial charge on any atom is -0.506 e. The van der Waals surface area contributed by atoms with Gasteiger partial charge in [-0.25, -0.2) is 9.79 Å². The molecule has 38 heavy (non-hydrogen) atoms. The van der Waals surface area contributed by atoms with Crippen LogP contribution in [0, 0.1) is 6.92 Å². The number of hydrogen-bond donors (Lipinski definition) is 1. The van der Waals surface area contributed by atoms with Crippen LogP contribution >= 0.6 is 35.0 Å². The largest absolute Gasteiger partial charge is 0.506 e. The Kier molecular flexibility index (Phi) is 8.94. The maximum absolute atomic E-state index is 12.8. The van der Waals surface area contributed by atoms with Crippen LogP contribution in [0.25, 0.3) is 6.08 Å². The number of aliphatic imine (C=N–C) groups is 1. The molecular formula is C29H23Cl2NO5S. The minimum atomic E-state index is -0.766. The van der Waals surface area contributed by atoms with Crippen LogP contribution in [0.1, 0.15) is 34.0 Å². The van der Waals surface area contributed by atoms with Gasteiger partial charge in [-0.05, 0) is 55.8 Å². The standard InChI is InChI=1S/C29H23Cl2NO5S/c1-3-36-29(35)25-26(33)24(38-28(25)32-27(34)19-11-8-17(2)9-12-19)15-18-10-13-23(22(31)14-18)37-16-20-6-4-5-7-21(20)30/h4-15,33H,3,16H2,1-2H3/b24-15-,32-28?. The van der Waals surface area contributed by atoms with E-state index in [1.165, 1.54) is 0 Å². The van der Waals surface area contributed by atoms with Crippen molar-refractivity contribution in [2.24, 2.45) is 4.99 Å². The third kappa shape index (κ3) is 6.48. The van der Waals surface area contributed by atoms with Crippen molar-refractivity contribution in [2.75, 3.05) is 6.61 Å². The highest BCUT2D eigenvalue weighted by molar-refractivity contribution is 8.18.